The molecule has 0 spiro atoms. The molecule has 3 amide bonds. The van der Waals surface area contributed by atoms with Crippen molar-refractivity contribution >= 4 is 23.4 Å². The molecule has 2 rings (SSSR count). The second-order valence-electron chi connectivity index (χ2n) is 6.42. The van der Waals surface area contributed by atoms with E-state index >= 15 is 0 Å². The summed E-state index contributed by atoms with van der Waals surface area (Å²) in [5.74, 6) is -1.08. The Balaban J connectivity index is 1.90. The molecule has 1 heterocycles. The Kier molecular flexibility index (Phi) is 5.95. The van der Waals surface area contributed by atoms with E-state index in [0.717, 1.165) is 17.7 Å². The molecule has 0 fully saturated rings. The zero-order valence-electron chi connectivity index (χ0n) is 14.2. The maximum atomic E-state index is 12.1. The van der Waals surface area contributed by atoms with Gasteiger partial charge >= 0.3 is 0 Å². The lowest BCUT2D eigenvalue weighted by molar-refractivity contribution is -0.129. The van der Waals surface area contributed by atoms with E-state index in [1.165, 1.54) is 0 Å². The van der Waals surface area contributed by atoms with Crippen molar-refractivity contribution in [3.8, 4) is 0 Å². The predicted octanol–water partition coefficient (Wildman–Crippen LogP) is 1.59. The molecule has 4 N–H and O–H groups in total. The summed E-state index contributed by atoms with van der Waals surface area (Å²) in [7, 11) is 0. The predicted molar refractivity (Wildman–Crippen MR) is 92.1 cm³/mol. The molecule has 0 radical (unpaired) electrons. The Morgan fingerprint density at radius 3 is 2.75 bits per heavy atom. The molecular weight excluding hydrogens is 306 g/mol. The minimum absolute atomic E-state index is 0.0173. The van der Waals surface area contributed by atoms with Gasteiger partial charge in [-0.2, -0.15) is 0 Å². The number of nitrogens with one attached hydrogen (secondary N) is 2. The number of primary amides is 1. The van der Waals surface area contributed by atoms with Crippen LogP contribution in [0.3, 0.4) is 0 Å². The van der Waals surface area contributed by atoms with E-state index < -0.39 is 11.9 Å². The van der Waals surface area contributed by atoms with Crippen molar-refractivity contribution in [2.24, 2.45) is 17.6 Å². The first-order valence-electron chi connectivity index (χ1n) is 8.39. The standard InChI is InChI=1S/C18H25N3O3/c1-3-11(2)16(17(19)23)21-15(22)9-8-13-10-12-6-4-5-7-14(12)20-18(13)24/h4-7,11,13,16H,3,8-10H2,1-2H3,(H2,19,23)(H,20,24)(H,21,22). The molecule has 1 aliphatic rings. The van der Waals surface area contributed by atoms with Crippen LogP contribution in [0.4, 0.5) is 5.69 Å². The average molecular weight is 331 g/mol. The second-order valence-corrected chi connectivity index (χ2v) is 6.42. The number of amides is 3. The van der Waals surface area contributed by atoms with Crippen LogP contribution in [0.5, 0.6) is 0 Å². The van der Waals surface area contributed by atoms with Crippen molar-refractivity contribution in [3.63, 3.8) is 0 Å². The smallest absolute Gasteiger partial charge is 0.240 e. The van der Waals surface area contributed by atoms with Crippen LogP contribution in [0.25, 0.3) is 0 Å². The summed E-state index contributed by atoms with van der Waals surface area (Å²) < 4.78 is 0. The first kappa shape index (κ1) is 18.0. The van der Waals surface area contributed by atoms with Gasteiger partial charge in [0.15, 0.2) is 0 Å². The quantitative estimate of drug-likeness (QED) is 0.707. The van der Waals surface area contributed by atoms with Crippen molar-refractivity contribution in [3.05, 3.63) is 29.8 Å². The van der Waals surface area contributed by atoms with Gasteiger partial charge in [0.2, 0.25) is 17.7 Å². The SMILES string of the molecule is CCC(C)C(NC(=O)CCC1Cc2ccccc2NC1=O)C(N)=O. The van der Waals surface area contributed by atoms with E-state index in [9.17, 15) is 14.4 Å². The molecule has 1 aromatic carbocycles. The number of carbonyl (C=O) groups excluding carboxylic acids is 3. The number of para-hydroxylation sites is 1. The molecule has 0 aromatic heterocycles. The van der Waals surface area contributed by atoms with E-state index in [-0.39, 0.29) is 30.1 Å². The van der Waals surface area contributed by atoms with E-state index in [1.54, 1.807) is 0 Å². The molecule has 130 valence electrons. The number of anilines is 1. The molecule has 0 saturated heterocycles. The molecule has 0 saturated carbocycles. The van der Waals surface area contributed by atoms with Crippen LogP contribution in [0.2, 0.25) is 0 Å². The van der Waals surface area contributed by atoms with Gasteiger partial charge in [-0.25, -0.2) is 0 Å². The zero-order valence-corrected chi connectivity index (χ0v) is 14.2. The highest BCUT2D eigenvalue weighted by Gasteiger charge is 2.28. The molecule has 0 bridgehead atoms. The molecule has 1 aromatic rings. The summed E-state index contributed by atoms with van der Waals surface area (Å²) >= 11 is 0. The molecule has 6 nitrogen and oxygen atoms in total. The number of fused-ring (bicyclic) bond motifs is 1. The van der Waals surface area contributed by atoms with Crippen LogP contribution in [-0.4, -0.2) is 23.8 Å². The second kappa shape index (κ2) is 7.95. The van der Waals surface area contributed by atoms with Crippen molar-refractivity contribution in [1.29, 1.82) is 0 Å². The summed E-state index contributed by atoms with van der Waals surface area (Å²) in [4.78, 5) is 35.7. The largest absolute Gasteiger partial charge is 0.368 e. The summed E-state index contributed by atoms with van der Waals surface area (Å²) in [6, 6.07) is 7.01. The minimum atomic E-state index is -0.664. The lowest BCUT2D eigenvalue weighted by Gasteiger charge is -2.25. The number of nitrogens with two attached hydrogens (primary N) is 1. The third kappa shape index (κ3) is 4.34. The van der Waals surface area contributed by atoms with Crippen LogP contribution in [0.1, 0.15) is 38.7 Å². The van der Waals surface area contributed by atoms with E-state index in [4.69, 9.17) is 5.73 Å². The molecule has 1 aliphatic heterocycles. The average Bonchev–Trinajstić information content (AvgIpc) is 2.56. The summed E-state index contributed by atoms with van der Waals surface area (Å²) in [5, 5.41) is 5.57. The minimum Gasteiger partial charge on any atom is -0.368 e. The molecule has 3 unspecified atom stereocenters. The molecular formula is C18H25N3O3. The third-order valence-electron chi connectivity index (χ3n) is 4.67. The van der Waals surface area contributed by atoms with Gasteiger partial charge in [-0.05, 0) is 30.4 Å². The molecule has 6 heteroatoms. The number of carbonyl (C=O) groups is 3. The van der Waals surface area contributed by atoms with Gasteiger partial charge in [-0.3, -0.25) is 14.4 Å². The highest BCUT2D eigenvalue weighted by Crippen LogP contribution is 2.27. The van der Waals surface area contributed by atoms with Crippen LogP contribution in [-0.2, 0) is 20.8 Å². The topological polar surface area (TPSA) is 101 Å². The Morgan fingerprint density at radius 2 is 2.08 bits per heavy atom. The van der Waals surface area contributed by atoms with Gasteiger partial charge < -0.3 is 16.4 Å². The van der Waals surface area contributed by atoms with Gasteiger partial charge in [-0.15, -0.1) is 0 Å². The Morgan fingerprint density at radius 1 is 1.38 bits per heavy atom. The Labute approximate surface area is 142 Å². The van der Waals surface area contributed by atoms with Gasteiger partial charge in [0.05, 0.1) is 0 Å². The maximum absolute atomic E-state index is 12.1. The first-order valence-corrected chi connectivity index (χ1v) is 8.39. The van der Waals surface area contributed by atoms with Crippen molar-refractivity contribution in [2.45, 2.75) is 45.6 Å². The zero-order chi connectivity index (χ0) is 17.7. The van der Waals surface area contributed by atoms with Crippen LogP contribution in [0.15, 0.2) is 24.3 Å². The first-order chi connectivity index (χ1) is 11.4. The molecule has 0 aliphatic carbocycles. The fourth-order valence-corrected chi connectivity index (χ4v) is 2.93. The number of hydrogen-bond donors (Lipinski definition) is 3. The molecule has 3 atom stereocenters. The normalized spacial score (nSPS) is 18.9. The van der Waals surface area contributed by atoms with Crippen molar-refractivity contribution < 1.29 is 14.4 Å². The van der Waals surface area contributed by atoms with Crippen LogP contribution in [0, 0.1) is 11.8 Å². The maximum Gasteiger partial charge on any atom is 0.240 e. The highest BCUT2D eigenvalue weighted by molar-refractivity contribution is 5.96. The van der Waals surface area contributed by atoms with Crippen LogP contribution < -0.4 is 16.4 Å². The van der Waals surface area contributed by atoms with Gasteiger partial charge in [-0.1, -0.05) is 38.5 Å². The summed E-state index contributed by atoms with van der Waals surface area (Å²) in [6.07, 6.45) is 2.01. The van der Waals surface area contributed by atoms with Gasteiger partial charge in [0.25, 0.3) is 0 Å². The van der Waals surface area contributed by atoms with E-state index in [0.29, 0.717) is 12.8 Å². The number of rotatable bonds is 7. The number of benzene rings is 1. The van der Waals surface area contributed by atoms with Crippen molar-refractivity contribution in [1.82, 2.24) is 5.32 Å². The summed E-state index contributed by atoms with van der Waals surface area (Å²) in [5.41, 5.74) is 7.28. The van der Waals surface area contributed by atoms with E-state index in [1.807, 2.05) is 38.1 Å². The summed E-state index contributed by atoms with van der Waals surface area (Å²) in [6.45, 7) is 3.82. The fraction of sp³-hybridized carbons (Fsp3) is 0.500. The highest BCUT2D eigenvalue weighted by atomic mass is 16.2. The third-order valence-corrected chi connectivity index (χ3v) is 4.67. The lowest BCUT2D eigenvalue weighted by Crippen LogP contribution is -2.48. The monoisotopic (exact) mass is 331 g/mol. The Bertz CT molecular complexity index is 630. The van der Waals surface area contributed by atoms with Crippen LogP contribution >= 0.6 is 0 Å². The lowest BCUT2D eigenvalue weighted by atomic mass is 9.89. The molecule has 24 heavy (non-hydrogen) atoms. The Hall–Kier alpha value is -2.37. The van der Waals surface area contributed by atoms with Gasteiger partial charge in [0.1, 0.15) is 6.04 Å². The van der Waals surface area contributed by atoms with E-state index in [2.05, 4.69) is 10.6 Å². The fourth-order valence-electron chi connectivity index (χ4n) is 2.93. The number of hydrogen-bond acceptors (Lipinski definition) is 3. The van der Waals surface area contributed by atoms with Gasteiger partial charge in [0, 0.05) is 18.0 Å². The van der Waals surface area contributed by atoms with Crippen molar-refractivity contribution in [2.75, 3.05) is 5.32 Å².